The molecule has 1 aliphatic carbocycles. The molecule has 0 unspecified atom stereocenters. The summed E-state index contributed by atoms with van der Waals surface area (Å²) in [5, 5.41) is 14.3. The summed E-state index contributed by atoms with van der Waals surface area (Å²) in [5.41, 5.74) is 0.518. The summed E-state index contributed by atoms with van der Waals surface area (Å²) in [7, 11) is -3.99. The number of carboxylic acid groups (broad SMARTS) is 1. The van der Waals surface area contributed by atoms with Crippen LogP contribution in [0.4, 0.5) is 11.4 Å². The third kappa shape index (κ3) is 3.91. The van der Waals surface area contributed by atoms with E-state index in [1.807, 2.05) is 6.07 Å². The number of fused-ring (bicyclic) bond motifs is 1. The molecule has 0 spiro atoms. The number of benzene rings is 3. The highest BCUT2D eigenvalue weighted by molar-refractivity contribution is 7.92. The van der Waals surface area contributed by atoms with Gasteiger partial charge in [-0.2, -0.15) is 0 Å². The smallest absolute Gasteiger partial charge is 0.338 e. The van der Waals surface area contributed by atoms with Gasteiger partial charge >= 0.3 is 5.97 Å². The van der Waals surface area contributed by atoms with Crippen molar-refractivity contribution >= 4 is 38.1 Å². The van der Waals surface area contributed by atoms with Crippen molar-refractivity contribution in [3.05, 3.63) is 66.2 Å². The van der Waals surface area contributed by atoms with Crippen molar-refractivity contribution < 1.29 is 18.3 Å². The molecule has 1 aliphatic rings. The Morgan fingerprint density at radius 3 is 2.34 bits per heavy atom. The van der Waals surface area contributed by atoms with Gasteiger partial charge in [-0.1, -0.05) is 55.3 Å². The Morgan fingerprint density at radius 1 is 0.897 bits per heavy atom. The van der Waals surface area contributed by atoms with E-state index in [0.29, 0.717) is 11.1 Å². The van der Waals surface area contributed by atoms with Crippen molar-refractivity contribution in [1.29, 1.82) is 0 Å². The maximum atomic E-state index is 13.2. The first kappa shape index (κ1) is 19.3. The second-order valence-electron chi connectivity index (χ2n) is 7.24. The van der Waals surface area contributed by atoms with E-state index in [0.717, 1.165) is 31.1 Å². The van der Waals surface area contributed by atoms with Crippen molar-refractivity contribution in [3.8, 4) is 0 Å². The quantitative estimate of drug-likeness (QED) is 0.548. The van der Waals surface area contributed by atoms with E-state index in [1.54, 1.807) is 42.5 Å². The highest BCUT2D eigenvalue weighted by Gasteiger charge is 2.24. The molecule has 0 bridgehead atoms. The van der Waals surface area contributed by atoms with Crippen LogP contribution in [0.1, 0.15) is 36.0 Å². The van der Waals surface area contributed by atoms with E-state index in [9.17, 15) is 18.3 Å². The van der Waals surface area contributed by atoms with E-state index in [2.05, 4.69) is 10.0 Å². The Hall–Kier alpha value is -3.06. The molecule has 1 fully saturated rings. The maximum Gasteiger partial charge on any atom is 0.338 e. The van der Waals surface area contributed by atoms with Crippen molar-refractivity contribution in [2.45, 2.75) is 36.6 Å². The van der Waals surface area contributed by atoms with Crippen LogP contribution in [0.2, 0.25) is 0 Å². The SMILES string of the molecule is O=C(O)c1c(NS(=O)(=O)c2ccccc2NC2CCCC2)ccc2ccccc12. The van der Waals surface area contributed by atoms with Gasteiger partial charge in [0.25, 0.3) is 10.0 Å². The molecule has 0 aromatic heterocycles. The van der Waals surface area contributed by atoms with Crippen LogP contribution >= 0.6 is 0 Å². The minimum absolute atomic E-state index is 0.0480. The average Bonchev–Trinajstić information content (AvgIpc) is 3.20. The first-order valence-electron chi connectivity index (χ1n) is 9.59. The normalized spacial score (nSPS) is 14.8. The molecule has 150 valence electrons. The fourth-order valence-corrected chi connectivity index (χ4v) is 5.14. The number of hydrogen-bond donors (Lipinski definition) is 3. The first-order chi connectivity index (χ1) is 14.0. The third-order valence-corrected chi connectivity index (χ3v) is 6.70. The molecule has 0 radical (unpaired) electrons. The molecular formula is C22H22N2O4S. The van der Waals surface area contributed by atoms with Crippen LogP contribution in [0.5, 0.6) is 0 Å². The van der Waals surface area contributed by atoms with Gasteiger partial charge in [0.05, 0.1) is 16.9 Å². The lowest BCUT2D eigenvalue weighted by Crippen LogP contribution is -2.20. The van der Waals surface area contributed by atoms with Crippen LogP contribution in [-0.2, 0) is 10.0 Å². The van der Waals surface area contributed by atoms with Gasteiger partial charge in [-0.25, -0.2) is 13.2 Å². The van der Waals surface area contributed by atoms with Gasteiger partial charge in [-0.3, -0.25) is 4.72 Å². The van der Waals surface area contributed by atoms with Crippen LogP contribution in [0.3, 0.4) is 0 Å². The van der Waals surface area contributed by atoms with Crippen LogP contribution in [-0.4, -0.2) is 25.5 Å². The molecule has 0 aliphatic heterocycles. The van der Waals surface area contributed by atoms with Crippen molar-refractivity contribution in [1.82, 2.24) is 0 Å². The van der Waals surface area contributed by atoms with Crippen LogP contribution < -0.4 is 10.0 Å². The molecule has 0 saturated heterocycles. The molecule has 1 saturated carbocycles. The lowest BCUT2D eigenvalue weighted by molar-refractivity contribution is 0.0700. The maximum absolute atomic E-state index is 13.2. The number of para-hydroxylation sites is 1. The van der Waals surface area contributed by atoms with Crippen LogP contribution in [0, 0.1) is 0 Å². The van der Waals surface area contributed by atoms with E-state index >= 15 is 0 Å². The zero-order valence-electron chi connectivity index (χ0n) is 15.8. The number of carboxylic acids is 1. The van der Waals surface area contributed by atoms with E-state index < -0.39 is 16.0 Å². The molecular weight excluding hydrogens is 388 g/mol. The summed E-state index contributed by atoms with van der Waals surface area (Å²) < 4.78 is 28.8. The first-order valence-corrected chi connectivity index (χ1v) is 11.1. The van der Waals surface area contributed by atoms with Gasteiger partial charge < -0.3 is 10.4 Å². The second-order valence-corrected chi connectivity index (χ2v) is 8.89. The highest BCUT2D eigenvalue weighted by atomic mass is 32.2. The molecule has 0 amide bonds. The second kappa shape index (κ2) is 7.75. The van der Waals surface area contributed by atoms with E-state index in [4.69, 9.17) is 0 Å². The van der Waals surface area contributed by atoms with Gasteiger partial charge in [0.15, 0.2) is 0 Å². The predicted octanol–water partition coefficient (Wildman–Crippen LogP) is 4.69. The van der Waals surface area contributed by atoms with Gasteiger partial charge in [0.2, 0.25) is 0 Å². The molecule has 3 aromatic carbocycles. The number of carbonyl (C=O) groups is 1. The zero-order valence-corrected chi connectivity index (χ0v) is 16.6. The number of sulfonamides is 1. The lowest BCUT2D eigenvalue weighted by Gasteiger charge is -2.18. The van der Waals surface area contributed by atoms with Crippen molar-refractivity contribution in [2.24, 2.45) is 0 Å². The Balaban J connectivity index is 1.73. The Morgan fingerprint density at radius 2 is 1.59 bits per heavy atom. The molecule has 4 rings (SSSR count). The number of hydrogen-bond acceptors (Lipinski definition) is 4. The number of rotatable bonds is 6. The zero-order chi connectivity index (χ0) is 20.4. The molecule has 7 heteroatoms. The minimum atomic E-state index is -3.99. The summed E-state index contributed by atoms with van der Waals surface area (Å²) in [4.78, 5) is 12.0. The molecule has 0 atom stereocenters. The molecule has 6 nitrogen and oxygen atoms in total. The lowest BCUT2D eigenvalue weighted by atomic mass is 10.0. The Bertz CT molecular complexity index is 1170. The number of aromatic carboxylic acids is 1. The summed E-state index contributed by atoms with van der Waals surface area (Å²) in [6.45, 7) is 0. The number of nitrogens with one attached hydrogen (secondary N) is 2. The monoisotopic (exact) mass is 410 g/mol. The topological polar surface area (TPSA) is 95.5 Å². The highest BCUT2D eigenvalue weighted by Crippen LogP contribution is 2.31. The van der Waals surface area contributed by atoms with Crippen LogP contribution in [0.25, 0.3) is 10.8 Å². The van der Waals surface area contributed by atoms with Gasteiger partial charge in [-0.15, -0.1) is 0 Å². The molecule has 3 aromatic rings. The Labute approximate surface area is 169 Å². The van der Waals surface area contributed by atoms with Crippen molar-refractivity contribution in [3.63, 3.8) is 0 Å². The van der Waals surface area contributed by atoms with Gasteiger partial charge in [0.1, 0.15) is 4.90 Å². The predicted molar refractivity (Wildman–Crippen MR) is 114 cm³/mol. The Kier molecular flexibility index (Phi) is 5.15. The molecule has 29 heavy (non-hydrogen) atoms. The summed E-state index contributed by atoms with van der Waals surface area (Å²) in [6, 6.07) is 17.2. The van der Waals surface area contributed by atoms with Gasteiger partial charge in [0, 0.05) is 6.04 Å². The largest absolute Gasteiger partial charge is 0.478 e. The fraction of sp³-hybridized carbons (Fsp3) is 0.227. The fourth-order valence-electron chi connectivity index (χ4n) is 3.90. The third-order valence-electron chi connectivity index (χ3n) is 5.28. The standard InChI is InChI=1S/C22H22N2O4S/c25-22(26)21-17-10-4-1-7-15(17)13-14-19(21)24-29(27,28)20-12-6-5-11-18(20)23-16-8-2-3-9-16/h1,4-7,10-14,16,23-24H,2-3,8-9H2,(H,25,26). The minimum Gasteiger partial charge on any atom is -0.478 e. The number of anilines is 2. The molecule has 0 heterocycles. The summed E-state index contributed by atoms with van der Waals surface area (Å²) in [5.74, 6) is -1.18. The summed E-state index contributed by atoms with van der Waals surface area (Å²) >= 11 is 0. The van der Waals surface area contributed by atoms with Crippen LogP contribution in [0.15, 0.2) is 65.6 Å². The average molecular weight is 410 g/mol. The van der Waals surface area contributed by atoms with E-state index in [1.165, 1.54) is 12.1 Å². The molecule has 3 N–H and O–H groups in total. The van der Waals surface area contributed by atoms with Crippen molar-refractivity contribution in [2.75, 3.05) is 10.0 Å². The van der Waals surface area contributed by atoms with Gasteiger partial charge in [-0.05, 0) is 41.8 Å². The summed E-state index contributed by atoms with van der Waals surface area (Å²) in [6.07, 6.45) is 4.28. The van der Waals surface area contributed by atoms with E-state index in [-0.39, 0.29) is 22.2 Å².